The van der Waals surface area contributed by atoms with Crippen LogP contribution in [-0.2, 0) is 17.8 Å². The first-order chi connectivity index (χ1) is 10.4. The van der Waals surface area contributed by atoms with Crippen molar-refractivity contribution < 1.29 is 27.2 Å². The highest BCUT2D eigenvalue weighted by molar-refractivity contribution is 5.80. The summed E-state index contributed by atoms with van der Waals surface area (Å²) in [4.78, 5) is 10.9. The first-order valence-electron chi connectivity index (χ1n) is 6.51. The van der Waals surface area contributed by atoms with Crippen LogP contribution < -0.4 is 10.1 Å². The summed E-state index contributed by atoms with van der Waals surface area (Å²) in [5.74, 6) is -2.82. The lowest BCUT2D eigenvalue weighted by molar-refractivity contribution is -0.190. The largest absolute Gasteiger partial charge is 0.491 e. The molecule has 0 radical (unpaired) electrons. The third-order valence-electron chi connectivity index (χ3n) is 3.36. The number of benzene rings is 1. The summed E-state index contributed by atoms with van der Waals surface area (Å²) in [6, 6.07) is 5.44. The number of nitrogens with one attached hydrogen (secondary N) is 1. The maximum Gasteiger partial charge on any atom is 0.491 e. The molecule has 0 fully saturated rings. The number of hydrogen-bond acceptors (Lipinski definition) is 5. The van der Waals surface area contributed by atoms with E-state index in [1.807, 2.05) is 12.1 Å². The number of carbonyl (C=O) groups excluding carboxylic acids is 1. The molecule has 1 N–H and O–H groups in total. The molecule has 116 valence electrons. The third kappa shape index (κ3) is 2.82. The number of esters is 1. The number of alkyl halides is 3. The van der Waals surface area contributed by atoms with Gasteiger partial charge in [0.2, 0.25) is 0 Å². The molecule has 1 aliphatic heterocycles. The molecule has 1 aromatic heterocycles. The lowest BCUT2D eigenvalue weighted by Crippen LogP contribution is -2.28. The standard InChI is InChI=1S/C14H11F3N2O3/c15-14(16,17)13(20)22-12-11(7-21-19-12)9-1-2-10-6-18-4-3-8(10)5-9/h1-2,5,7,18H,3-4,6H2. The minimum Gasteiger partial charge on any atom is -0.397 e. The predicted molar refractivity (Wildman–Crippen MR) is 69.0 cm³/mol. The predicted octanol–water partition coefficient (Wildman–Crippen LogP) is 2.46. The van der Waals surface area contributed by atoms with E-state index in [0.717, 1.165) is 36.9 Å². The van der Waals surface area contributed by atoms with Crippen LogP contribution in [0.2, 0.25) is 0 Å². The van der Waals surface area contributed by atoms with E-state index in [4.69, 9.17) is 0 Å². The first kappa shape index (κ1) is 14.6. The Morgan fingerprint density at radius 3 is 2.91 bits per heavy atom. The van der Waals surface area contributed by atoms with Crippen molar-refractivity contribution in [3.63, 3.8) is 0 Å². The number of nitrogens with zero attached hydrogens (tertiary/aromatic N) is 1. The summed E-state index contributed by atoms with van der Waals surface area (Å²) in [6.45, 7) is 1.57. The SMILES string of the molecule is O=C(Oc1nocc1-c1ccc2c(c1)CCNC2)C(F)(F)F. The molecule has 22 heavy (non-hydrogen) atoms. The van der Waals surface area contributed by atoms with Gasteiger partial charge in [0, 0.05) is 6.54 Å². The molecule has 2 aromatic rings. The molecule has 0 bridgehead atoms. The lowest BCUT2D eigenvalue weighted by atomic mass is 9.96. The number of rotatable bonds is 2. The van der Waals surface area contributed by atoms with Gasteiger partial charge in [0.25, 0.3) is 5.88 Å². The van der Waals surface area contributed by atoms with E-state index >= 15 is 0 Å². The molecule has 5 nitrogen and oxygen atoms in total. The van der Waals surface area contributed by atoms with Crippen LogP contribution in [-0.4, -0.2) is 23.8 Å². The Labute approximate surface area is 123 Å². The van der Waals surface area contributed by atoms with Crippen LogP contribution >= 0.6 is 0 Å². The molecule has 3 rings (SSSR count). The van der Waals surface area contributed by atoms with Gasteiger partial charge in [-0.1, -0.05) is 18.2 Å². The Bertz CT molecular complexity index is 710. The zero-order valence-corrected chi connectivity index (χ0v) is 11.2. The molecule has 1 aliphatic rings. The van der Waals surface area contributed by atoms with Crippen LogP contribution in [0.1, 0.15) is 11.1 Å². The van der Waals surface area contributed by atoms with Gasteiger partial charge in [0.05, 0.1) is 5.56 Å². The van der Waals surface area contributed by atoms with Crippen LogP contribution in [0.15, 0.2) is 29.0 Å². The summed E-state index contributed by atoms with van der Waals surface area (Å²) in [6.07, 6.45) is -3.12. The van der Waals surface area contributed by atoms with E-state index in [1.165, 1.54) is 0 Å². The molecular formula is C14H11F3N2O3. The third-order valence-corrected chi connectivity index (χ3v) is 3.36. The number of fused-ring (bicyclic) bond motifs is 1. The Hall–Kier alpha value is -2.35. The van der Waals surface area contributed by atoms with Gasteiger partial charge in [-0.2, -0.15) is 13.2 Å². The quantitative estimate of drug-likeness (QED) is 0.863. The van der Waals surface area contributed by atoms with Gasteiger partial charge in [-0.3, -0.25) is 0 Å². The highest BCUT2D eigenvalue weighted by Gasteiger charge is 2.42. The van der Waals surface area contributed by atoms with Gasteiger partial charge >= 0.3 is 12.1 Å². The molecule has 2 heterocycles. The van der Waals surface area contributed by atoms with Crippen LogP contribution in [0.25, 0.3) is 11.1 Å². The second-order valence-corrected chi connectivity index (χ2v) is 4.83. The fraction of sp³-hybridized carbons (Fsp3) is 0.286. The number of aromatic nitrogens is 1. The first-order valence-corrected chi connectivity index (χ1v) is 6.51. The molecule has 0 spiro atoms. The average Bonchev–Trinajstić information content (AvgIpc) is 2.94. The maximum absolute atomic E-state index is 12.3. The van der Waals surface area contributed by atoms with E-state index in [2.05, 4.69) is 19.7 Å². The van der Waals surface area contributed by atoms with E-state index in [9.17, 15) is 18.0 Å². The van der Waals surface area contributed by atoms with Crippen LogP contribution in [0.4, 0.5) is 13.2 Å². The summed E-state index contributed by atoms with van der Waals surface area (Å²) >= 11 is 0. The van der Waals surface area contributed by atoms with Crippen molar-refractivity contribution >= 4 is 5.97 Å². The molecule has 0 aliphatic carbocycles. The Morgan fingerprint density at radius 2 is 2.14 bits per heavy atom. The smallest absolute Gasteiger partial charge is 0.397 e. The number of halogens is 3. The minimum absolute atomic E-state index is 0.207. The van der Waals surface area contributed by atoms with Gasteiger partial charge in [-0.25, -0.2) is 4.79 Å². The Balaban J connectivity index is 1.90. The van der Waals surface area contributed by atoms with Gasteiger partial charge in [0.15, 0.2) is 0 Å². The summed E-state index contributed by atoms with van der Waals surface area (Å²) in [5.41, 5.74) is 3.01. The van der Waals surface area contributed by atoms with Crippen molar-refractivity contribution in [2.45, 2.75) is 19.1 Å². The van der Waals surface area contributed by atoms with Crippen LogP contribution in [0.3, 0.4) is 0 Å². The topological polar surface area (TPSA) is 64.4 Å². The van der Waals surface area contributed by atoms with E-state index < -0.39 is 18.0 Å². The highest BCUT2D eigenvalue weighted by atomic mass is 19.4. The van der Waals surface area contributed by atoms with Gasteiger partial charge in [0.1, 0.15) is 6.26 Å². The van der Waals surface area contributed by atoms with E-state index in [0.29, 0.717) is 5.56 Å². The molecule has 1 aromatic carbocycles. The highest BCUT2D eigenvalue weighted by Crippen LogP contribution is 2.32. The molecule has 0 saturated carbocycles. The summed E-state index contributed by atoms with van der Waals surface area (Å²) in [5, 5.41) is 6.55. The molecule has 0 amide bonds. The fourth-order valence-corrected chi connectivity index (χ4v) is 2.28. The molecule has 0 atom stereocenters. The lowest BCUT2D eigenvalue weighted by Gasteiger charge is -2.17. The van der Waals surface area contributed by atoms with Crippen molar-refractivity contribution in [1.82, 2.24) is 10.5 Å². The summed E-state index contributed by atoms with van der Waals surface area (Å²) in [7, 11) is 0. The number of carbonyl (C=O) groups is 1. The molecule has 0 unspecified atom stereocenters. The van der Waals surface area contributed by atoms with Gasteiger partial charge in [-0.15, -0.1) is 0 Å². The fourth-order valence-electron chi connectivity index (χ4n) is 2.28. The molecule has 0 saturated heterocycles. The van der Waals surface area contributed by atoms with Crippen molar-refractivity contribution in [1.29, 1.82) is 0 Å². The van der Waals surface area contributed by atoms with Crippen molar-refractivity contribution in [2.24, 2.45) is 0 Å². The second kappa shape index (κ2) is 5.45. The molecular weight excluding hydrogens is 301 g/mol. The zero-order chi connectivity index (χ0) is 15.7. The average molecular weight is 312 g/mol. The maximum atomic E-state index is 12.3. The Morgan fingerprint density at radius 1 is 1.32 bits per heavy atom. The minimum atomic E-state index is -5.09. The van der Waals surface area contributed by atoms with E-state index in [-0.39, 0.29) is 5.56 Å². The second-order valence-electron chi connectivity index (χ2n) is 4.83. The van der Waals surface area contributed by atoms with E-state index in [1.54, 1.807) is 6.07 Å². The van der Waals surface area contributed by atoms with Crippen LogP contribution in [0, 0.1) is 0 Å². The van der Waals surface area contributed by atoms with Gasteiger partial charge < -0.3 is 14.6 Å². The van der Waals surface area contributed by atoms with Crippen molar-refractivity contribution in [3.8, 4) is 17.0 Å². The summed E-state index contributed by atoms with van der Waals surface area (Å²) < 4.78 is 45.7. The number of hydrogen-bond donors (Lipinski definition) is 1. The van der Waals surface area contributed by atoms with Crippen molar-refractivity contribution in [2.75, 3.05) is 6.54 Å². The van der Waals surface area contributed by atoms with Gasteiger partial charge in [-0.05, 0) is 34.8 Å². The monoisotopic (exact) mass is 312 g/mol. The molecule has 8 heteroatoms. The normalized spacial score (nSPS) is 14.5. The van der Waals surface area contributed by atoms with Crippen molar-refractivity contribution in [3.05, 3.63) is 35.6 Å². The van der Waals surface area contributed by atoms with Crippen LogP contribution in [0.5, 0.6) is 5.88 Å². The zero-order valence-electron chi connectivity index (χ0n) is 11.2. The Kier molecular flexibility index (Phi) is 3.61. The number of ether oxygens (including phenoxy) is 1.